The van der Waals surface area contributed by atoms with Gasteiger partial charge in [-0.15, -0.1) is 0 Å². The highest BCUT2D eigenvalue weighted by Crippen LogP contribution is 2.37. The minimum atomic E-state index is 0.0154. The second-order valence-electron chi connectivity index (χ2n) is 7.47. The third-order valence-electron chi connectivity index (χ3n) is 5.81. The monoisotopic (exact) mass is 394 g/mol. The zero-order chi connectivity index (χ0) is 20.4. The molecule has 1 unspecified atom stereocenters. The number of rotatable bonds is 5. The molecule has 4 rings (SSSR count). The number of hydrogen-bond donors (Lipinski definition) is 0. The average molecular weight is 394 g/mol. The normalized spacial score (nSPS) is 19.0. The van der Waals surface area contributed by atoms with E-state index in [1.807, 2.05) is 47.4 Å². The summed E-state index contributed by atoms with van der Waals surface area (Å²) in [4.78, 5) is 28.8. The minimum Gasteiger partial charge on any atom is -0.493 e. The highest BCUT2D eigenvalue weighted by molar-refractivity contribution is 5.97. The van der Waals surface area contributed by atoms with Gasteiger partial charge in [-0.2, -0.15) is 0 Å². The maximum Gasteiger partial charge on any atom is 0.254 e. The van der Waals surface area contributed by atoms with Gasteiger partial charge in [0.05, 0.1) is 20.3 Å². The SMILES string of the molecule is COc1ccc(C2CCCN2C(=O)c2ccc(N3CCCC3=O)cc2)cc1OC. The molecule has 2 aliphatic rings. The first-order chi connectivity index (χ1) is 14.1. The lowest BCUT2D eigenvalue weighted by atomic mass is 10.0. The average Bonchev–Trinajstić information content (AvgIpc) is 3.42. The van der Waals surface area contributed by atoms with Crippen LogP contribution in [0.2, 0.25) is 0 Å². The van der Waals surface area contributed by atoms with Gasteiger partial charge in [-0.05, 0) is 61.2 Å². The molecule has 2 aromatic rings. The first kappa shape index (κ1) is 19.3. The fraction of sp³-hybridized carbons (Fsp3) is 0.391. The third-order valence-corrected chi connectivity index (χ3v) is 5.81. The molecule has 2 heterocycles. The van der Waals surface area contributed by atoms with Gasteiger partial charge in [0.15, 0.2) is 11.5 Å². The van der Waals surface area contributed by atoms with Gasteiger partial charge in [-0.25, -0.2) is 0 Å². The first-order valence-electron chi connectivity index (χ1n) is 10.1. The van der Waals surface area contributed by atoms with Gasteiger partial charge in [0.2, 0.25) is 5.91 Å². The number of carbonyl (C=O) groups excluding carboxylic acids is 2. The summed E-state index contributed by atoms with van der Waals surface area (Å²) < 4.78 is 10.8. The van der Waals surface area contributed by atoms with E-state index in [2.05, 4.69) is 0 Å². The molecular weight excluding hydrogens is 368 g/mol. The van der Waals surface area contributed by atoms with Gasteiger partial charge in [-0.1, -0.05) is 6.07 Å². The molecule has 2 fully saturated rings. The summed E-state index contributed by atoms with van der Waals surface area (Å²) in [5.74, 6) is 1.52. The fourth-order valence-corrected chi connectivity index (χ4v) is 4.29. The Morgan fingerprint density at radius 2 is 1.72 bits per heavy atom. The summed E-state index contributed by atoms with van der Waals surface area (Å²) in [5, 5.41) is 0. The van der Waals surface area contributed by atoms with Crippen LogP contribution in [0, 0.1) is 0 Å². The maximum atomic E-state index is 13.2. The van der Waals surface area contributed by atoms with Gasteiger partial charge in [0.25, 0.3) is 5.91 Å². The second kappa shape index (κ2) is 8.15. The highest BCUT2D eigenvalue weighted by atomic mass is 16.5. The van der Waals surface area contributed by atoms with Crippen molar-refractivity contribution in [1.29, 1.82) is 0 Å². The number of carbonyl (C=O) groups is 2. The van der Waals surface area contributed by atoms with Crippen LogP contribution in [-0.4, -0.2) is 44.0 Å². The Labute approximate surface area is 171 Å². The Morgan fingerprint density at radius 3 is 2.38 bits per heavy atom. The van der Waals surface area contributed by atoms with Crippen molar-refractivity contribution >= 4 is 17.5 Å². The molecule has 152 valence electrons. The number of nitrogens with zero attached hydrogens (tertiary/aromatic N) is 2. The van der Waals surface area contributed by atoms with Crippen LogP contribution in [0.15, 0.2) is 42.5 Å². The van der Waals surface area contributed by atoms with E-state index in [0.717, 1.165) is 43.6 Å². The van der Waals surface area contributed by atoms with Crippen molar-refractivity contribution < 1.29 is 19.1 Å². The van der Waals surface area contributed by atoms with Crippen molar-refractivity contribution in [3.05, 3.63) is 53.6 Å². The predicted octanol–water partition coefficient (Wildman–Crippen LogP) is 3.81. The van der Waals surface area contributed by atoms with Crippen molar-refractivity contribution in [2.75, 3.05) is 32.2 Å². The van der Waals surface area contributed by atoms with Crippen LogP contribution < -0.4 is 14.4 Å². The summed E-state index contributed by atoms with van der Waals surface area (Å²) in [6.07, 6.45) is 3.37. The van der Waals surface area contributed by atoms with Crippen LogP contribution in [-0.2, 0) is 4.79 Å². The zero-order valence-corrected chi connectivity index (χ0v) is 16.9. The smallest absolute Gasteiger partial charge is 0.254 e. The van der Waals surface area contributed by atoms with Crippen LogP contribution in [0.3, 0.4) is 0 Å². The Balaban J connectivity index is 1.54. The van der Waals surface area contributed by atoms with Crippen LogP contribution in [0.1, 0.15) is 47.6 Å². The number of amides is 2. The molecule has 6 nitrogen and oxygen atoms in total. The molecule has 0 N–H and O–H groups in total. The molecule has 2 aromatic carbocycles. The number of anilines is 1. The van der Waals surface area contributed by atoms with E-state index in [0.29, 0.717) is 23.5 Å². The van der Waals surface area contributed by atoms with Gasteiger partial charge in [0.1, 0.15) is 0 Å². The Hall–Kier alpha value is -3.02. The lowest BCUT2D eigenvalue weighted by Gasteiger charge is -2.26. The molecule has 6 heteroatoms. The molecule has 0 saturated carbocycles. The van der Waals surface area contributed by atoms with Crippen molar-refractivity contribution in [2.24, 2.45) is 0 Å². The molecule has 1 atom stereocenters. The first-order valence-corrected chi connectivity index (χ1v) is 10.1. The number of ether oxygens (including phenoxy) is 2. The lowest BCUT2D eigenvalue weighted by Crippen LogP contribution is -2.30. The Kier molecular flexibility index (Phi) is 5.43. The van der Waals surface area contributed by atoms with E-state index in [9.17, 15) is 9.59 Å². The van der Waals surface area contributed by atoms with Gasteiger partial charge < -0.3 is 19.3 Å². The summed E-state index contributed by atoms with van der Waals surface area (Å²) in [5.41, 5.74) is 2.56. The molecule has 2 saturated heterocycles. The van der Waals surface area contributed by atoms with E-state index in [1.54, 1.807) is 19.1 Å². The van der Waals surface area contributed by atoms with E-state index < -0.39 is 0 Å². The minimum absolute atomic E-state index is 0.0154. The molecule has 0 spiro atoms. The van der Waals surface area contributed by atoms with Gasteiger partial charge in [0, 0.05) is 30.8 Å². The van der Waals surface area contributed by atoms with Crippen molar-refractivity contribution in [1.82, 2.24) is 4.90 Å². The van der Waals surface area contributed by atoms with E-state index >= 15 is 0 Å². The molecule has 0 bridgehead atoms. The topological polar surface area (TPSA) is 59.1 Å². The Bertz CT molecular complexity index is 910. The summed E-state index contributed by atoms with van der Waals surface area (Å²) in [6.45, 7) is 1.48. The zero-order valence-electron chi connectivity index (χ0n) is 16.9. The molecule has 2 amide bonds. The third kappa shape index (κ3) is 3.67. The molecule has 29 heavy (non-hydrogen) atoms. The van der Waals surface area contributed by atoms with Gasteiger partial charge >= 0.3 is 0 Å². The van der Waals surface area contributed by atoms with Crippen molar-refractivity contribution in [3.63, 3.8) is 0 Å². The van der Waals surface area contributed by atoms with Gasteiger partial charge in [-0.3, -0.25) is 9.59 Å². The standard InChI is InChI=1S/C23H26N2O4/c1-28-20-12-9-17(15-21(20)29-2)19-5-3-14-25(19)23(27)16-7-10-18(11-8-16)24-13-4-6-22(24)26/h7-12,15,19H,3-6,13-14H2,1-2H3. The number of hydrogen-bond acceptors (Lipinski definition) is 4. The van der Waals surface area contributed by atoms with Crippen LogP contribution in [0.4, 0.5) is 5.69 Å². The molecular formula is C23H26N2O4. The number of benzene rings is 2. The maximum absolute atomic E-state index is 13.2. The molecule has 0 radical (unpaired) electrons. The molecule has 0 aliphatic carbocycles. The van der Waals surface area contributed by atoms with Crippen molar-refractivity contribution in [3.8, 4) is 11.5 Å². The predicted molar refractivity (Wildman–Crippen MR) is 111 cm³/mol. The largest absolute Gasteiger partial charge is 0.493 e. The summed E-state index contributed by atoms with van der Waals surface area (Å²) >= 11 is 0. The number of likely N-dealkylation sites (tertiary alicyclic amines) is 1. The highest BCUT2D eigenvalue weighted by Gasteiger charge is 2.31. The molecule has 0 aromatic heterocycles. The van der Waals surface area contributed by atoms with E-state index in [-0.39, 0.29) is 17.9 Å². The fourth-order valence-electron chi connectivity index (χ4n) is 4.29. The second-order valence-corrected chi connectivity index (χ2v) is 7.47. The van der Waals surface area contributed by atoms with E-state index in [4.69, 9.17) is 9.47 Å². The van der Waals surface area contributed by atoms with Crippen LogP contribution in [0.5, 0.6) is 11.5 Å². The number of methoxy groups -OCH3 is 2. The van der Waals surface area contributed by atoms with Crippen LogP contribution in [0.25, 0.3) is 0 Å². The Morgan fingerprint density at radius 1 is 0.966 bits per heavy atom. The summed E-state index contributed by atoms with van der Waals surface area (Å²) in [6, 6.07) is 13.3. The summed E-state index contributed by atoms with van der Waals surface area (Å²) in [7, 11) is 3.23. The van der Waals surface area contributed by atoms with Crippen LogP contribution >= 0.6 is 0 Å². The lowest BCUT2D eigenvalue weighted by molar-refractivity contribution is -0.117. The molecule has 2 aliphatic heterocycles. The quantitative estimate of drug-likeness (QED) is 0.774. The van der Waals surface area contributed by atoms with Crippen molar-refractivity contribution in [2.45, 2.75) is 31.7 Å². The van der Waals surface area contributed by atoms with E-state index in [1.165, 1.54) is 0 Å².